The van der Waals surface area contributed by atoms with Crippen LogP contribution >= 0.6 is 0 Å². The topological polar surface area (TPSA) is 93.7 Å². The summed E-state index contributed by atoms with van der Waals surface area (Å²) in [5.41, 5.74) is 1.88. The van der Waals surface area contributed by atoms with E-state index in [9.17, 15) is 13.2 Å². The van der Waals surface area contributed by atoms with Gasteiger partial charge in [-0.2, -0.15) is 0 Å². The molecule has 8 heteroatoms. The Hall–Kier alpha value is -2.58. The first-order chi connectivity index (χ1) is 12.4. The second-order valence-corrected chi connectivity index (χ2v) is 7.62. The van der Waals surface area contributed by atoms with E-state index in [2.05, 4.69) is 10.0 Å². The number of benzene rings is 2. The molecular weight excluding hydrogens is 356 g/mol. The molecule has 0 spiro atoms. The monoisotopic (exact) mass is 376 g/mol. The molecule has 2 N–H and O–H groups in total. The second-order valence-electron chi connectivity index (χ2n) is 5.85. The molecule has 0 unspecified atom stereocenters. The van der Waals surface area contributed by atoms with Crippen LogP contribution in [0.1, 0.15) is 28.4 Å². The summed E-state index contributed by atoms with van der Waals surface area (Å²) >= 11 is 0. The number of fused-ring (bicyclic) bond motifs is 1. The van der Waals surface area contributed by atoms with Gasteiger partial charge in [-0.25, -0.2) is 13.1 Å². The van der Waals surface area contributed by atoms with Crippen LogP contribution in [0.5, 0.6) is 11.5 Å². The van der Waals surface area contributed by atoms with Gasteiger partial charge in [-0.05, 0) is 42.3 Å². The van der Waals surface area contributed by atoms with E-state index in [0.717, 1.165) is 5.56 Å². The average molecular weight is 376 g/mol. The molecule has 0 atom stereocenters. The van der Waals surface area contributed by atoms with Gasteiger partial charge in [-0.15, -0.1) is 0 Å². The van der Waals surface area contributed by atoms with Gasteiger partial charge in [0.15, 0.2) is 11.5 Å². The largest absolute Gasteiger partial charge is 0.454 e. The lowest BCUT2D eigenvalue weighted by Gasteiger charge is -2.11. The summed E-state index contributed by atoms with van der Waals surface area (Å²) in [6.07, 6.45) is 0. The van der Waals surface area contributed by atoms with E-state index in [1.54, 1.807) is 26.0 Å². The first kappa shape index (κ1) is 18.2. The molecule has 0 saturated heterocycles. The predicted octanol–water partition coefficient (Wildman–Crippen LogP) is 1.95. The lowest BCUT2D eigenvalue weighted by Crippen LogP contribution is -2.26. The molecule has 0 aromatic heterocycles. The minimum absolute atomic E-state index is 0.0678. The third kappa shape index (κ3) is 3.81. The first-order valence-electron chi connectivity index (χ1n) is 8.18. The molecule has 7 nitrogen and oxygen atoms in total. The average Bonchev–Trinajstić information content (AvgIpc) is 3.07. The zero-order valence-corrected chi connectivity index (χ0v) is 15.4. The number of sulfonamides is 1. The third-order valence-electron chi connectivity index (χ3n) is 3.99. The van der Waals surface area contributed by atoms with Crippen LogP contribution in [0.3, 0.4) is 0 Å². The van der Waals surface area contributed by atoms with Gasteiger partial charge >= 0.3 is 0 Å². The zero-order valence-electron chi connectivity index (χ0n) is 14.5. The maximum Gasteiger partial charge on any atom is 0.251 e. The van der Waals surface area contributed by atoms with E-state index in [1.165, 1.54) is 12.1 Å². The number of ether oxygens (including phenoxy) is 2. The van der Waals surface area contributed by atoms with Crippen molar-refractivity contribution in [2.75, 3.05) is 13.3 Å². The molecule has 138 valence electrons. The molecule has 0 aliphatic carbocycles. The van der Waals surface area contributed by atoms with Crippen LogP contribution in [0, 0.1) is 6.92 Å². The smallest absolute Gasteiger partial charge is 0.251 e. The molecule has 0 fully saturated rings. The van der Waals surface area contributed by atoms with Crippen molar-refractivity contribution in [1.29, 1.82) is 0 Å². The fourth-order valence-electron chi connectivity index (χ4n) is 2.61. The highest BCUT2D eigenvalue weighted by molar-refractivity contribution is 7.89. The van der Waals surface area contributed by atoms with Crippen LogP contribution in [0.2, 0.25) is 0 Å². The Kier molecular flexibility index (Phi) is 5.15. The van der Waals surface area contributed by atoms with Crippen LogP contribution in [0.15, 0.2) is 41.3 Å². The lowest BCUT2D eigenvalue weighted by molar-refractivity contribution is 0.0950. The summed E-state index contributed by atoms with van der Waals surface area (Å²) in [6.45, 7) is 4.22. The highest BCUT2D eigenvalue weighted by atomic mass is 32.2. The van der Waals surface area contributed by atoms with E-state index < -0.39 is 10.0 Å². The molecule has 0 saturated carbocycles. The van der Waals surface area contributed by atoms with Crippen molar-refractivity contribution in [3.63, 3.8) is 0 Å². The number of rotatable bonds is 6. The minimum atomic E-state index is -3.62. The molecule has 1 aliphatic heterocycles. The summed E-state index contributed by atoms with van der Waals surface area (Å²) in [5, 5.41) is 2.81. The molecule has 26 heavy (non-hydrogen) atoms. The minimum Gasteiger partial charge on any atom is -0.454 e. The van der Waals surface area contributed by atoms with Crippen LogP contribution in [-0.4, -0.2) is 27.7 Å². The van der Waals surface area contributed by atoms with Crippen molar-refractivity contribution in [1.82, 2.24) is 10.0 Å². The van der Waals surface area contributed by atoms with Crippen molar-refractivity contribution >= 4 is 15.9 Å². The Balaban J connectivity index is 1.75. The SMILES string of the molecule is CCNS(=O)(=O)c1ccc(C)c(C(=O)NCc2ccc3c(c2)OCO3)c1. The van der Waals surface area contributed by atoms with E-state index in [0.29, 0.717) is 29.2 Å². The van der Waals surface area contributed by atoms with E-state index in [4.69, 9.17) is 9.47 Å². The van der Waals surface area contributed by atoms with Gasteiger partial charge in [0.05, 0.1) is 4.90 Å². The standard InChI is InChI=1S/C18H20N2O5S/c1-3-20-26(22,23)14-6-4-12(2)15(9-14)18(21)19-10-13-5-7-16-17(8-13)25-11-24-16/h4-9,20H,3,10-11H2,1-2H3,(H,19,21). The molecule has 1 heterocycles. The van der Waals surface area contributed by atoms with E-state index >= 15 is 0 Å². The van der Waals surface area contributed by atoms with Crippen LogP contribution in [-0.2, 0) is 16.6 Å². The fourth-order valence-corrected chi connectivity index (χ4v) is 3.68. The first-order valence-corrected chi connectivity index (χ1v) is 9.66. The van der Waals surface area contributed by atoms with Crippen molar-refractivity contribution in [2.45, 2.75) is 25.3 Å². The van der Waals surface area contributed by atoms with Gasteiger partial charge in [0.25, 0.3) is 5.91 Å². The number of nitrogens with one attached hydrogen (secondary N) is 2. The maximum atomic E-state index is 12.5. The molecule has 0 radical (unpaired) electrons. The maximum absolute atomic E-state index is 12.5. The van der Waals surface area contributed by atoms with Gasteiger partial charge in [0, 0.05) is 18.7 Å². The van der Waals surface area contributed by atoms with Gasteiger partial charge in [-0.1, -0.05) is 19.1 Å². The lowest BCUT2D eigenvalue weighted by atomic mass is 10.1. The van der Waals surface area contributed by atoms with Gasteiger partial charge in [0.1, 0.15) is 0 Å². The number of aryl methyl sites for hydroxylation is 1. The van der Waals surface area contributed by atoms with Crippen molar-refractivity contribution in [2.24, 2.45) is 0 Å². The quantitative estimate of drug-likeness (QED) is 0.804. The van der Waals surface area contributed by atoms with Gasteiger partial charge in [0.2, 0.25) is 16.8 Å². The van der Waals surface area contributed by atoms with E-state index in [-0.39, 0.29) is 24.1 Å². The summed E-state index contributed by atoms with van der Waals surface area (Å²) in [7, 11) is -3.62. The van der Waals surface area contributed by atoms with Crippen LogP contribution in [0.25, 0.3) is 0 Å². The summed E-state index contributed by atoms with van der Waals surface area (Å²) in [5.74, 6) is 0.984. The molecule has 2 aromatic rings. The second kappa shape index (κ2) is 7.35. The third-order valence-corrected chi connectivity index (χ3v) is 5.53. The molecule has 1 amide bonds. The molecule has 1 aliphatic rings. The Morgan fingerprint density at radius 3 is 2.65 bits per heavy atom. The number of hydrogen-bond donors (Lipinski definition) is 2. The number of hydrogen-bond acceptors (Lipinski definition) is 5. The molecule has 3 rings (SSSR count). The molecule has 0 bridgehead atoms. The highest BCUT2D eigenvalue weighted by Gasteiger charge is 2.18. The predicted molar refractivity (Wildman–Crippen MR) is 95.8 cm³/mol. The molecular formula is C18H20N2O5S. The van der Waals surface area contributed by atoms with Gasteiger partial charge < -0.3 is 14.8 Å². The normalized spacial score (nSPS) is 12.8. The molecule has 2 aromatic carbocycles. The fraction of sp³-hybridized carbons (Fsp3) is 0.278. The van der Waals surface area contributed by atoms with Crippen molar-refractivity contribution in [3.8, 4) is 11.5 Å². The van der Waals surface area contributed by atoms with Gasteiger partial charge in [-0.3, -0.25) is 4.79 Å². The Morgan fingerprint density at radius 1 is 1.12 bits per heavy atom. The van der Waals surface area contributed by atoms with Crippen molar-refractivity contribution in [3.05, 3.63) is 53.1 Å². The summed E-state index contributed by atoms with van der Waals surface area (Å²) in [6, 6.07) is 9.94. The van der Waals surface area contributed by atoms with Crippen LogP contribution < -0.4 is 19.5 Å². The number of amides is 1. The Labute approximate surface area is 152 Å². The Bertz CT molecular complexity index is 941. The summed E-state index contributed by atoms with van der Waals surface area (Å²) < 4.78 is 37.3. The highest BCUT2D eigenvalue weighted by Crippen LogP contribution is 2.32. The summed E-state index contributed by atoms with van der Waals surface area (Å²) in [4.78, 5) is 12.6. The number of carbonyl (C=O) groups is 1. The van der Waals surface area contributed by atoms with Crippen LogP contribution in [0.4, 0.5) is 0 Å². The zero-order chi connectivity index (χ0) is 18.7. The van der Waals surface area contributed by atoms with Crippen molar-refractivity contribution < 1.29 is 22.7 Å². The Morgan fingerprint density at radius 2 is 1.88 bits per heavy atom. The number of carbonyl (C=O) groups excluding carboxylic acids is 1. The van der Waals surface area contributed by atoms with E-state index in [1.807, 2.05) is 12.1 Å².